The number of unbranched alkanes of at least 4 members (excludes halogenated alkanes) is 1. The minimum atomic E-state index is 0.716. The van der Waals surface area contributed by atoms with Crippen LogP contribution in [0.5, 0.6) is 0 Å². The van der Waals surface area contributed by atoms with E-state index in [1.807, 2.05) is 0 Å². The lowest BCUT2D eigenvalue weighted by atomic mass is 10.0. The van der Waals surface area contributed by atoms with Crippen molar-refractivity contribution in [2.45, 2.75) is 38.6 Å². The third-order valence-electron chi connectivity index (χ3n) is 2.90. The summed E-state index contributed by atoms with van der Waals surface area (Å²) in [5.41, 5.74) is 0. The van der Waals surface area contributed by atoms with Gasteiger partial charge in [-0.2, -0.15) is 0 Å². The van der Waals surface area contributed by atoms with Crippen LogP contribution in [0.4, 0.5) is 0 Å². The van der Waals surface area contributed by atoms with Crippen LogP contribution in [0.25, 0.3) is 0 Å². The summed E-state index contributed by atoms with van der Waals surface area (Å²) in [6.45, 7) is 2.33. The largest absolute Gasteiger partial charge is 0.317 e. The van der Waals surface area contributed by atoms with Gasteiger partial charge in [-0.05, 0) is 38.1 Å². The molecule has 1 nitrogen and oxygen atoms in total. The standard InChI is InChI=1S/C11H19N/c1-4-5-6-7-11(12-3)10-8-9(10)2/h1,9-12H,5-8H2,2-3H3. The highest BCUT2D eigenvalue weighted by atomic mass is 14.9. The predicted molar refractivity (Wildman–Crippen MR) is 52.8 cm³/mol. The van der Waals surface area contributed by atoms with Gasteiger partial charge < -0.3 is 5.32 Å². The maximum atomic E-state index is 5.20. The highest BCUT2D eigenvalue weighted by Gasteiger charge is 2.37. The summed E-state index contributed by atoms with van der Waals surface area (Å²) in [6.07, 6.45) is 9.96. The molecule has 1 heteroatoms. The quantitative estimate of drug-likeness (QED) is 0.485. The van der Waals surface area contributed by atoms with Crippen LogP contribution in [0.15, 0.2) is 0 Å². The Morgan fingerprint density at radius 3 is 2.75 bits per heavy atom. The molecule has 1 aliphatic carbocycles. The zero-order valence-electron chi connectivity index (χ0n) is 8.14. The van der Waals surface area contributed by atoms with Crippen LogP contribution in [0.3, 0.4) is 0 Å². The van der Waals surface area contributed by atoms with Crippen LogP contribution >= 0.6 is 0 Å². The lowest BCUT2D eigenvalue weighted by Gasteiger charge is -2.14. The van der Waals surface area contributed by atoms with Gasteiger partial charge in [0.05, 0.1) is 0 Å². The van der Waals surface area contributed by atoms with Crippen molar-refractivity contribution < 1.29 is 0 Å². The van der Waals surface area contributed by atoms with E-state index in [-0.39, 0.29) is 0 Å². The van der Waals surface area contributed by atoms with Crippen molar-refractivity contribution in [1.29, 1.82) is 0 Å². The summed E-state index contributed by atoms with van der Waals surface area (Å²) in [6, 6.07) is 0.716. The molecule has 12 heavy (non-hydrogen) atoms. The lowest BCUT2D eigenvalue weighted by molar-refractivity contribution is 0.442. The van der Waals surface area contributed by atoms with Gasteiger partial charge in [0.1, 0.15) is 0 Å². The second-order valence-electron chi connectivity index (χ2n) is 3.87. The Balaban J connectivity index is 2.14. The molecule has 0 spiro atoms. The van der Waals surface area contributed by atoms with Crippen molar-refractivity contribution in [3.8, 4) is 12.3 Å². The molecule has 0 aromatic heterocycles. The van der Waals surface area contributed by atoms with Crippen LogP contribution in [0.1, 0.15) is 32.6 Å². The van der Waals surface area contributed by atoms with Crippen molar-refractivity contribution in [2.75, 3.05) is 7.05 Å². The molecule has 0 aliphatic heterocycles. The molecule has 3 unspecified atom stereocenters. The van der Waals surface area contributed by atoms with Crippen molar-refractivity contribution in [2.24, 2.45) is 11.8 Å². The zero-order chi connectivity index (χ0) is 8.97. The highest BCUT2D eigenvalue weighted by molar-refractivity contribution is 4.92. The van der Waals surface area contributed by atoms with E-state index in [9.17, 15) is 0 Å². The number of hydrogen-bond acceptors (Lipinski definition) is 1. The van der Waals surface area contributed by atoms with Crippen molar-refractivity contribution in [1.82, 2.24) is 5.32 Å². The Hall–Kier alpha value is -0.480. The maximum absolute atomic E-state index is 5.20. The second-order valence-corrected chi connectivity index (χ2v) is 3.87. The molecular weight excluding hydrogens is 146 g/mol. The maximum Gasteiger partial charge on any atom is 0.00953 e. The predicted octanol–water partition coefficient (Wildman–Crippen LogP) is 2.03. The molecule has 0 radical (unpaired) electrons. The fourth-order valence-electron chi connectivity index (χ4n) is 1.91. The first-order chi connectivity index (χ1) is 5.79. The fourth-order valence-corrected chi connectivity index (χ4v) is 1.91. The van der Waals surface area contributed by atoms with E-state index in [0.29, 0.717) is 6.04 Å². The second kappa shape index (κ2) is 4.52. The van der Waals surface area contributed by atoms with Crippen molar-refractivity contribution >= 4 is 0 Å². The first-order valence-corrected chi connectivity index (χ1v) is 4.90. The molecule has 0 amide bonds. The van der Waals surface area contributed by atoms with Gasteiger partial charge in [-0.25, -0.2) is 0 Å². The first-order valence-electron chi connectivity index (χ1n) is 4.90. The molecule has 3 atom stereocenters. The van der Waals surface area contributed by atoms with E-state index in [2.05, 4.69) is 25.2 Å². The Morgan fingerprint density at radius 2 is 2.33 bits per heavy atom. The Morgan fingerprint density at radius 1 is 1.67 bits per heavy atom. The topological polar surface area (TPSA) is 12.0 Å². The van der Waals surface area contributed by atoms with Gasteiger partial charge in [0, 0.05) is 12.5 Å². The summed E-state index contributed by atoms with van der Waals surface area (Å²) < 4.78 is 0. The minimum Gasteiger partial charge on any atom is -0.317 e. The number of nitrogens with one attached hydrogen (secondary N) is 1. The smallest absolute Gasteiger partial charge is 0.00953 e. The molecule has 0 aromatic carbocycles. The molecule has 0 bridgehead atoms. The Bertz CT molecular complexity index is 168. The van der Waals surface area contributed by atoms with E-state index in [1.165, 1.54) is 19.3 Å². The molecule has 1 aliphatic rings. The first kappa shape index (κ1) is 9.61. The molecule has 1 saturated carbocycles. The SMILES string of the molecule is C#CCCCC(NC)C1CC1C. The monoisotopic (exact) mass is 165 g/mol. The minimum absolute atomic E-state index is 0.716. The van der Waals surface area contributed by atoms with E-state index in [0.717, 1.165) is 18.3 Å². The fraction of sp³-hybridized carbons (Fsp3) is 0.818. The summed E-state index contributed by atoms with van der Waals surface area (Å²) in [4.78, 5) is 0. The zero-order valence-corrected chi connectivity index (χ0v) is 8.14. The van der Waals surface area contributed by atoms with E-state index < -0.39 is 0 Å². The molecule has 1 fully saturated rings. The molecule has 1 rings (SSSR count). The van der Waals surface area contributed by atoms with Crippen LogP contribution in [0, 0.1) is 24.2 Å². The van der Waals surface area contributed by atoms with Gasteiger partial charge in [0.25, 0.3) is 0 Å². The van der Waals surface area contributed by atoms with E-state index in [4.69, 9.17) is 6.42 Å². The van der Waals surface area contributed by atoms with Gasteiger partial charge in [-0.1, -0.05) is 6.92 Å². The van der Waals surface area contributed by atoms with Gasteiger partial charge in [-0.3, -0.25) is 0 Å². The third kappa shape index (κ3) is 2.53. The average Bonchev–Trinajstić information content (AvgIpc) is 2.77. The van der Waals surface area contributed by atoms with E-state index in [1.54, 1.807) is 0 Å². The average molecular weight is 165 g/mol. The number of hydrogen-bond donors (Lipinski definition) is 1. The molecule has 0 heterocycles. The Kier molecular flexibility index (Phi) is 3.62. The van der Waals surface area contributed by atoms with Crippen molar-refractivity contribution in [3.63, 3.8) is 0 Å². The summed E-state index contributed by atoms with van der Waals surface area (Å²) in [5.74, 6) is 4.55. The molecule has 68 valence electrons. The Labute approximate surface area is 75.9 Å². The van der Waals surface area contributed by atoms with Crippen LogP contribution < -0.4 is 5.32 Å². The molecule has 0 aromatic rings. The number of rotatable bonds is 5. The van der Waals surface area contributed by atoms with Crippen LogP contribution in [-0.2, 0) is 0 Å². The highest BCUT2D eigenvalue weighted by Crippen LogP contribution is 2.41. The molecular formula is C11H19N. The number of terminal acetylenes is 1. The molecule has 1 N–H and O–H groups in total. The van der Waals surface area contributed by atoms with Crippen LogP contribution in [-0.4, -0.2) is 13.1 Å². The van der Waals surface area contributed by atoms with Crippen LogP contribution in [0.2, 0.25) is 0 Å². The summed E-state index contributed by atoms with van der Waals surface area (Å²) >= 11 is 0. The normalized spacial score (nSPS) is 29.4. The van der Waals surface area contributed by atoms with Gasteiger partial charge in [0.15, 0.2) is 0 Å². The lowest BCUT2D eigenvalue weighted by Crippen LogP contribution is -2.27. The third-order valence-corrected chi connectivity index (χ3v) is 2.90. The molecule has 0 saturated heterocycles. The summed E-state index contributed by atoms with van der Waals surface area (Å²) in [7, 11) is 2.06. The van der Waals surface area contributed by atoms with Gasteiger partial charge >= 0.3 is 0 Å². The van der Waals surface area contributed by atoms with Gasteiger partial charge in [-0.15, -0.1) is 12.3 Å². The van der Waals surface area contributed by atoms with Crippen molar-refractivity contribution in [3.05, 3.63) is 0 Å². The van der Waals surface area contributed by atoms with E-state index >= 15 is 0 Å². The summed E-state index contributed by atoms with van der Waals surface area (Å²) in [5, 5.41) is 3.38. The van der Waals surface area contributed by atoms with Gasteiger partial charge in [0.2, 0.25) is 0 Å².